The van der Waals surface area contributed by atoms with Crippen LogP contribution in [0.25, 0.3) is 6.08 Å². The number of nitro groups is 1. The first-order valence-electron chi connectivity index (χ1n) is 6.11. The molecule has 0 unspecified atom stereocenters. The largest absolute Gasteiger partial charge is 0.279 e. The molecule has 2 aromatic carbocycles. The van der Waals surface area contributed by atoms with E-state index in [1.807, 2.05) is 30.3 Å². The molecular formula is C15H12ClN3O2. The molecule has 0 heterocycles. The summed E-state index contributed by atoms with van der Waals surface area (Å²) in [6, 6.07) is 13.5. The van der Waals surface area contributed by atoms with Crippen LogP contribution in [-0.4, -0.2) is 11.1 Å². The zero-order valence-electron chi connectivity index (χ0n) is 10.9. The van der Waals surface area contributed by atoms with Crippen LogP contribution in [0.5, 0.6) is 0 Å². The Balaban J connectivity index is 1.87. The van der Waals surface area contributed by atoms with Crippen molar-refractivity contribution >= 4 is 35.3 Å². The van der Waals surface area contributed by atoms with Crippen molar-refractivity contribution in [1.82, 2.24) is 0 Å². The summed E-state index contributed by atoms with van der Waals surface area (Å²) in [6.07, 6.45) is 5.26. The zero-order chi connectivity index (χ0) is 15.1. The van der Waals surface area contributed by atoms with Gasteiger partial charge in [0.1, 0.15) is 0 Å². The maximum atomic E-state index is 10.5. The van der Waals surface area contributed by atoms with E-state index in [1.54, 1.807) is 24.4 Å². The molecule has 21 heavy (non-hydrogen) atoms. The van der Waals surface area contributed by atoms with Gasteiger partial charge in [0.15, 0.2) is 0 Å². The number of allylic oxidation sites excluding steroid dienone is 1. The first-order chi connectivity index (χ1) is 10.1. The quantitative estimate of drug-likeness (QED) is 0.507. The summed E-state index contributed by atoms with van der Waals surface area (Å²) in [5.74, 6) is 0. The molecule has 0 amide bonds. The Kier molecular flexibility index (Phi) is 5.06. The lowest BCUT2D eigenvalue weighted by Gasteiger charge is -1.98. The highest BCUT2D eigenvalue weighted by molar-refractivity contribution is 6.30. The van der Waals surface area contributed by atoms with E-state index in [9.17, 15) is 10.1 Å². The molecule has 0 spiro atoms. The highest BCUT2D eigenvalue weighted by atomic mass is 35.5. The van der Waals surface area contributed by atoms with Crippen LogP contribution < -0.4 is 5.43 Å². The Bertz CT molecular complexity index is 664. The molecule has 0 radical (unpaired) electrons. The van der Waals surface area contributed by atoms with Gasteiger partial charge in [0.25, 0.3) is 5.69 Å². The number of halogens is 1. The van der Waals surface area contributed by atoms with E-state index in [1.165, 1.54) is 12.1 Å². The van der Waals surface area contributed by atoms with E-state index in [-0.39, 0.29) is 5.69 Å². The molecule has 0 bridgehead atoms. The number of hydrogen-bond acceptors (Lipinski definition) is 4. The summed E-state index contributed by atoms with van der Waals surface area (Å²) >= 11 is 5.79. The lowest BCUT2D eigenvalue weighted by Crippen LogP contribution is -1.90. The number of nitro benzene ring substituents is 1. The number of hydrogen-bond donors (Lipinski definition) is 1. The second kappa shape index (κ2) is 7.21. The van der Waals surface area contributed by atoms with E-state index in [4.69, 9.17) is 11.6 Å². The first kappa shape index (κ1) is 14.7. The van der Waals surface area contributed by atoms with Crippen LogP contribution in [0.15, 0.2) is 59.7 Å². The van der Waals surface area contributed by atoms with Crippen molar-refractivity contribution in [2.45, 2.75) is 0 Å². The van der Waals surface area contributed by atoms with Crippen molar-refractivity contribution < 1.29 is 4.92 Å². The molecule has 0 aliphatic carbocycles. The number of rotatable bonds is 5. The summed E-state index contributed by atoms with van der Waals surface area (Å²) < 4.78 is 0. The molecule has 0 saturated heterocycles. The van der Waals surface area contributed by atoms with Gasteiger partial charge in [0.2, 0.25) is 0 Å². The Morgan fingerprint density at radius 1 is 1.10 bits per heavy atom. The summed E-state index contributed by atoms with van der Waals surface area (Å²) in [4.78, 5) is 10.1. The molecule has 1 N–H and O–H groups in total. The van der Waals surface area contributed by atoms with Crippen LogP contribution in [0, 0.1) is 10.1 Å². The highest BCUT2D eigenvalue weighted by Crippen LogP contribution is 2.15. The van der Waals surface area contributed by atoms with Gasteiger partial charge in [-0.15, -0.1) is 0 Å². The fourth-order valence-electron chi connectivity index (χ4n) is 1.54. The van der Waals surface area contributed by atoms with Crippen LogP contribution in [0.2, 0.25) is 5.02 Å². The molecule has 0 fully saturated rings. The molecule has 2 aromatic rings. The molecular weight excluding hydrogens is 290 g/mol. The predicted molar refractivity (Wildman–Crippen MR) is 85.7 cm³/mol. The number of anilines is 1. The van der Waals surface area contributed by atoms with Gasteiger partial charge in [-0.3, -0.25) is 15.5 Å². The number of benzene rings is 2. The fraction of sp³-hybridized carbons (Fsp3) is 0. The normalized spacial score (nSPS) is 11.1. The Morgan fingerprint density at radius 2 is 1.76 bits per heavy atom. The van der Waals surface area contributed by atoms with Crippen molar-refractivity contribution in [3.05, 3.63) is 75.3 Å². The minimum Gasteiger partial charge on any atom is -0.279 e. The van der Waals surface area contributed by atoms with E-state index in [0.29, 0.717) is 10.7 Å². The lowest BCUT2D eigenvalue weighted by atomic mass is 10.2. The van der Waals surface area contributed by atoms with Gasteiger partial charge in [-0.2, -0.15) is 5.10 Å². The van der Waals surface area contributed by atoms with E-state index >= 15 is 0 Å². The number of hydrazone groups is 1. The Hall–Kier alpha value is -2.66. The summed E-state index contributed by atoms with van der Waals surface area (Å²) in [5.41, 5.74) is 4.52. The molecule has 0 aromatic heterocycles. The molecule has 0 aliphatic rings. The molecule has 6 heteroatoms. The minimum absolute atomic E-state index is 0.0483. The van der Waals surface area contributed by atoms with Crippen LogP contribution >= 0.6 is 11.6 Å². The zero-order valence-corrected chi connectivity index (χ0v) is 11.7. The number of nitrogens with one attached hydrogen (secondary N) is 1. The molecule has 0 atom stereocenters. The first-order valence-corrected chi connectivity index (χ1v) is 6.49. The van der Waals surface area contributed by atoms with Crippen LogP contribution in [0.4, 0.5) is 11.4 Å². The summed E-state index contributed by atoms with van der Waals surface area (Å²) in [5, 5.41) is 15.2. The molecule has 0 aliphatic heterocycles. The fourth-order valence-corrected chi connectivity index (χ4v) is 1.67. The Morgan fingerprint density at radius 3 is 2.38 bits per heavy atom. The average Bonchev–Trinajstić information content (AvgIpc) is 2.49. The average molecular weight is 302 g/mol. The monoisotopic (exact) mass is 301 g/mol. The second-order valence-corrected chi connectivity index (χ2v) is 4.54. The van der Waals surface area contributed by atoms with Crippen molar-refractivity contribution in [1.29, 1.82) is 0 Å². The van der Waals surface area contributed by atoms with Gasteiger partial charge < -0.3 is 0 Å². The lowest BCUT2D eigenvalue weighted by molar-refractivity contribution is -0.384. The second-order valence-electron chi connectivity index (χ2n) is 4.10. The third-order valence-electron chi connectivity index (χ3n) is 2.59. The van der Waals surface area contributed by atoms with Gasteiger partial charge in [-0.1, -0.05) is 29.8 Å². The predicted octanol–water partition coefficient (Wildman–Crippen LogP) is 4.36. The SMILES string of the molecule is O=[N+]([O-])c1ccc(N/N=C\C=C\c2ccc(Cl)cc2)cc1. The van der Waals surface area contributed by atoms with Crippen molar-refractivity contribution in [2.24, 2.45) is 5.10 Å². The maximum absolute atomic E-state index is 10.5. The molecule has 106 valence electrons. The van der Waals surface area contributed by atoms with Crippen LogP contribution in [0.3, 0.4) is 0 Å². The topological polar surface area (TPSA) is 67.5 Å². The number of nitrogens with zero attached hydrogens (tertiary/aromatic N) is 2. The minimum atomic E-state index is -0.443. The maximum Gasteiger partial charge on any atom is 0.269 e. The van der Waals surface area contributed by atoms with Crippen molar-refractivity contribution in [3.63, 3.8) is 0 Å². The van der Waals surface area contributed by atoms with Gasteiger partial charge in [0.05, 0.1) is 10.6 Å². The van der Waals surface area contributed by atoms with Crippen LogP contribution in [-0.2, 0) is 0 Å². The van der Waals surface area contributed by atoms with Gasteiger partial charge in [-0.25, -0.2) is 0 Å². The smallest absolute Gasteiger partial charge is 0.269 e. The third-order valence-corrected chi connectivity index (χ3v) is 2.84. The third kappa shape index (κ3) is 4.74. The molecule has 0 saturated carbocycles. The molecule has 5 nitrogen and oxygen atoms in total. The summed E-state index contributed by atoms with van der Waals surface area (Å²) in [7, 11) is 0. The van der Waals surface area contributed by atoms with Gasteiger partial charge in [-0.05, 0) is 35.9 Å². The Labute approximate surface area is 126 Å². The van der Waals surface area contributed by atoms with Crippen molar-refractivity contribution in [2.75, 3.05) is 5.43 Å². The van der Waals surface area contributed by atoms with E-state index < -0.39 is 4.92 Å². The molecule has 2 rings (SSSR count). The van der Waals surface area contributed by atoms with E-state index in [2.05, 4.69) is 10.5 Å². The van der Waals surface area contributed by atoms with Crippen molar-refractivity contribution in [3.8, 4) is 0 Å². The van der Waals surface area contributed by atoms with Gasteiger partial charge >= 0.3 is 0 Å². The number of non-ortho nitro benzene ring substituents is 1. The standard InChI is InChI=1S/C15H12ClN3O2/c16-13-5-3-12(4-6-13)2-1-11-17-18-14-7-9-15(10-8-14)19(20)21/h1-11,18H/b2-1+,17-11-. The summed E-state index contributed by atoms with van der Waals surface area (Å²) in [6.45, 7) is 0. The highest BCUT2D eigenvalue weighted by Gasteiger charge is 2.02. The van der Waals surface area contributed by atoms with Gasteiger partial charge in [0, 0.05) is 23.4 Å². The van der Waals surface area contributed by atoms with Crippen LogP contribution in [0.1, 0.15) is 5.56 Å². The van der Waals surface area contributed by atoms with E-state index in [0.717, 1.165) is 5.56 Å².